The van der Waals surface area contributed by atoms with Gasteiger partial charge in [0.2, 0.25) is 11.9 Å². The number of aromatic carboxylic acids is 2. The van der Waals surface area contributed by atoms with Crippen molar-refractivity contribution in [2.45, 2.75) is 9.79 Å². The van der Waals surface area contributed by atoms with Crippen molar-refractivity contribution in [1.29, 1.82) is 0 Å². The van der Waals surface area contributed by atoms with Crippen molar-refractivity contribution in [1.82, 2.24) is 15.0 Å². The third kappa shape index (κ3) is 7.73. The van der Waals surface area contributed by atoms with E-state index in [2.05, 4.69) is 45.2 Å². The van der Waals surface area contributed by atoms with Crippen LogP contribution >= 0.6 is 12.0 Å². The highest BCUT2D eigenvalue weighted by Crippen LogP contribution is 2.40. The summed E-state index contributed by atoms with van der Waals surface area (Å²) in [6.45, 7) is 0. The largest absolute Gasteiger partial charge is 0.478 e. The number of aromatic amines is 1. The molecule has 0 amide bonds. The molecule has 0 bridgehead atoms. The molecule has 1 heterocycles. The highest BCUT2D eigenvalue weighted by atomic mass is 32.2. The topological polar surface area (TPSA) is 275 Å². The zero-order valence-corrected chi connectivity index (χ0v) is 24.8. The molecule has 0 radical (unpaired) electrons. The quantitative estimate of drug-likeness (QED) is 0.0289. The van der Waals surface area contributed by atoms with E-state index in [1.54, 1.807) is 12.1 Å². The third-order valence-electron chi connectivity index (χ3n) is 6.17. The lowest BCUT2D eigenvalue weighted by molar-refractivity contribution is -0.432. The lowest BCUT2D eigenvalue weighted by Gasteiger charge is -2.14. The number of nitrogens with zero attached hydrogens (tertiary/aromatic N) is 4. The number of carbonyl (C=O) groups is 2. The lowest BCUT2D eigenvalue weighted by Crippen LogP contribution is -2.17. The van der Waals surface area contributed by atoms with Crippen LogP contribution in [0.2, 0.25) is 0 Å². The van der Waals surface area contributed by atoms with Crippen LogP contribution in [0.15, 0.2) is 97.6 Å². The van der Waals surface area contributed by atoms with Crippen LogP contribution in [0.4, 0.5) is 34.6 Å². The summed E-state index contributed by atoms with van der Waals surface area (Å²) in [6, 6.07) is 16.4. The van der Waals surface area contributed by atoms with E-state index < -0.39 is 32.6 Å². The minimum atomic E-state index is -4.79. The Bertz CT molecular complexity index is 2230. The predicted octanol–water partition coefficient (Wildman–Crippen LogP) is 5.29. The fourth-order valence-corrected chi connectivity index (χ4v) is 5.18. The first kappa shape index (κ1) is 32.6. The molecular weight excluding hydrogens is 662 g/mol. The van der Waals surface area contributed by atoms with Crippen molar-refractivity contribution in [3.8, 4) is 0 Å². The Kier molecular flexibility index (Phi) is 9.51. The zero-order chi connectivity index (χ0) is 33.7. The number of hydrogen-bond donors (Lipinski definition) is 7. The number of fused-ring (bicyclic) bond motifs is 1. The second kappa shape index (κ2) is 13.7. The molecule has 20 heteroatoms. The van der Waals surface area contributed by atoms with Gasteiger partial charge >= 0.3 is 17.6 Å². The Morgan fingerprint density at radius 3 is 2.23 bits per heavy atom. The second-order valence-corrected chi connectivity index (χ2v) is 11.3. The van der Waals surface area contributed by atoms with Gasteiger partial charge in [-0.05, 0) is 53.9 Å². The summed E-state index contributed by atoms with van der Waals surface area (Å²) in [7, 11) is -4.79. The number of aromatic nitrogens is 3. The lowest BCUT2D eigenvalue weighted by atomic mass is 10.1. The molecule has 47 heavy (non-hydrogen) atoms. The van der Waals surface area contributed by atoms with Crippen molar-refractivity contribution in [3.63, 3.8) is 0 Å². The molecule has 5 aromatic rings. The van der Waals surface area contributed by atoms with E-state index in [1.807, 2.05) is 0 Å². The summed E-state index contributed by atoms with van der Waals surface area (Å²) >= 11 is 0.446. The molecule has 7 N–H and O–H groups in total. The van der Waals surface area contributed by atoms with E-state index in [4.69, 9.17) is 5.26 Å². The van der Waals surface area contributed by atoms with Crippen molar-refractivity contribution in [2.24, 2.45) is 10.2 Å². The van der Waals surface area contributed by atoms with Crippen molar-refractivity contribution < 1.29 is 47.4 Å². The normalized spacial score (nSPS) is 11.5. The number of H-pyrrole nitrogens is 1. The Balaban J connectivity index is 1.63. The average molecular weight is 682 g/mol. The van der Waals surface area contributed by atoms with Crippen molar-refractivity contribution in [2.75, 3.05) is 10.6 Å². The predicted molar refractivity (Wildman–Crippen MR) is 165 cm³/mol. The number of para-hydroxylation sites is 1. The first-order valence-corrected chi connectivity index (χ1v) is 14.9. The molecule has 0 atom stereocenters. The van der Waals surface area contributed by atoms with Gasteiger partial charge in [-0.25, -0.2) is 19.6 Å². The Morgan fingerprint density at radius 1 is 0.851 bits per heavy atom. The maximum atomic E-state index is 12.4. The Morgan fingerprint density at radius 2 is 1.53 bits per heavy atom. The van der Waals surface area contributed by atoms with Crippen LogP contribution in [0.5, 0.6) is 0 Å². The van der Waals surface area contributed by atoms with Crippen molar-refractivity contribution in [3.05, 3.63) is 94.4 Å². The van der Waals surface area contributed by atoms with Gasteiger partial charge in [0.25, 0.3) is 10.1 Å². The standard InChI is InChI=1S/C27H19N7O11S2/c35-23(36)15-5-1-3-7-18(15)28-25-30-26(32-27(39)31-25)29-20-11-14(47(41,42)43)9-13-10-22(46-45-44-40)21(12-17(13)20)34-33-19-8-4-2-6-16(19)24(37)38/h1-12,40H,(H,35,36)(H,37,38)(H,41,42,43)(H3,28,29,30,31,32,39). The molecule has 0 saturated carbocycles. The molecule has 0 aliphatic heterocycles. The zero-order valence-electron chi connectivity index (χ0n) is 23.2. The number of carboxylic acid groups (broad SMARTS) is 2. The molecule has 0 aliphatic carbocycles. The van der Waals surface area contributed by atoms with Gasteiger partial charge < -0.3 is 20.8 Å². The number of carboxylic acids is 2. The Labute approximate surface area is 266 Å². The second-order valence-electron chi connectivity index (χ2n) is 9.16. The highest BCUT2D eigenvalue weighted by Gasteiger charge is 2.19. The van der Waals surface area contributed by atoms with Crippen LogP contribution in [0.3, 0.4) is 0 Å². The van der Waals surface area contributed by atoms with E-state index in [-0.39, 0.29) is 61.4 Å². The molecule has 0 fully saturated rings. The van der Waals surface area contributed by atoms with Gasteiger partial charge in [0, 0.05) is 5.39 Å². The van der Waals surface area contributed by atoms with Gasteiger partial charge in [-0.2, -0.15) is 18.4 Å². The van der Waals surface area contributed by atoms with E-state index >= 15 is 0 Å². The molecular formula is C27H19N7O11S2. The third-order valence-corrected chi connectivity index (χ3v) is 7.63. The molecule has 0 unspecified atom stereocenters. The molecule has 4 aromatic carbocycles. The fraction of sp³-hybridized carbons (Fsp3) is 0. The van der Waals surface area contributed by atoms with Crippen LogP contribution in [-0.4, -0.2) is 55.3 Å². The van der Waals surface area contributed by atoms with Crippen LogP contribution in [0.25, 0.3) is 10.8 Å². The summed E-state index contributed by atoms with van der Waals surface area (Å²) in [5, 5.41) is 45.3. The number of anilines is 4. The molecule has 5 rings (SSSR count). The van der Waals surface area contributed by atoms with E-state index in [1.165, 1.54) is 48.5 Å². The van der Waals surface area contributed by atoms with E-state index in [9.17, 15) is 37.6 Å². The Hall–Kier alpha value is -5.77. The molecule has 1 aromatic heterocycles. The van der Waals surface area contributed by atoms with Gasteiger partial charge in [0.15, 0.2) is 0 Å². The van der Waals surface area contributed by atoms with Gasteiger partial charge in [-0.15, -0.1) is 14.6 Å². The fourth-order valence-electron chi connectivity index (χ4n) is 4.18. The van der Waals surface area contributed by atoms with Gasteiger partial charge in [0.05, 0.1) is 44.3 Å². The van der Waals surface area contributed by atoms with E-state index in [0.717, 1.165) is 12.1 Å². The highest BCUT2D eigenvalue weighted by molar-refractivity contribution is 7.94. The van der Waals surface area contributed by atoms with Crippen LogP contribution in [0.1, 0.15) is 20.7 Å². The summed E-state index contributed by atoms with van der Waals surface area (Å²) in [5.41, 5.74) is -1.14. The first-order valence-electron chi connectivity index (χ1n) is 12.8. The number of benzene rings is 4. The smallest absolute Gasteiger partial charge is 0.351 e. The number of rotatable bonds is 12. The van der Waals surface area contributed by atoms with Gasteiger partial charge in [-0.1, -0.05) is 29.3 Å². The molecule has 240 valence electrons. The maximum Gasteiger partial charge on any atom is 0.351 e. The number of hydrogen-bond acceptors (Lipinski definition) is 15. The first-order chi connectivity index (χ1) is 22.4. The average Bonchev–Trinajstić information content (AvgIpc) is 3.02. The summed E-state index contributed by atoms with van der Waals surface area (Å²) in [6.07, 6.45) is 0. The summed E-state index contributed by atoms with van der Waals surface area (Å²) < 4.78 is 38.7. The number of azo groups is 1. The van der Waals surface area contributed by atoms with Gasteiger partial charge in [-0.3, -0.25) is 9.54 Å². The maximum absolute atomic E-state index is 12.4. The van der Waals surface area contributed by atoms with Crippen molar-refractivity contribution >= 4 is 79.5 Å². The summed E-state index contributed by atoms with van der Waals surface area (Å²) in [4.78, 5) is 45.4. The minimum absolute atomic E-state index is 0.00138. The SMILES string of the molecule is O=C(O)c1ccccc1N=Nc1cc2c(Nc3nc(Nc4ccccc4C(=O)O)nc(=O)[nH]3)cc(S(=O)(=O)O)cc2cc1SOOO. The minimum Gasteiger partial charge on any atom is -0.478 e. The molecule has 0 saturated heterocycles. The van der Waals surface area contributed by atoms with Gasteiger partial charge in [0.1, 0.15) is 11.4 Å². The van der Waals surface area contributed by atoms with Crippen LogP contribution in [0, 0.1) is 0 Å². The van der Waals surface area contributed by atoms with Crippen LogP contribution < -0.4 is 16.3 Å². The molecule has 0 spiro atoms. The monoisotopic (exact) mass is 681 g/mol. The molecule has 18 nitrogen and oxygen atoms in total. The molecule has 0 aliphatic rings. The number of nitrogens with one attached hydrogen (secondary N) is 3. The summed E-state index contributed by atoms with van der Waals surface area (Å²) in [5.74, 6) is -3.10. The van der Waals surface area contributed by atoms with Crippen LogP contribution in [-0.2, 0) is 19.5 Å². The van der Waals surface area contributed by atoms with E-state index in [0.29, 0.717) is 12.0 Å².